The summed E-state index contributed by atoms with van der Waals surface area (Å²) in [4.78, 5) is 19.2. The van der Waals surface area contributed by atoms with E-state index in [-0.39, 0.29) is 18.0 Å². The third-order valence-electron chi connectivity index (χ3n) is 4.48. The van der Waals surface area contributed by atoms with Gasteiger partial charge in [0.2, 0.25) is 5.91 Å². The van der Waals surface area contributed by atoms with E-state index in [9.17, 15) is 4.79 Å². The van der Waals surface area contributed by atoms with Crippen LogP contribution < -0.4 is 5.32 Å². The van der Waals surface area contributed by atoms with Crippen molar-refractivity contribution in [2.45, 2.75) is 19.0 Å². The molecule has 1 aliphatic heterocycles. The summed E-state index contributed by atoms with van der Waals surface area (Å²) >= 11 is 6.00. The highest BCUT2D eigenvalue weighted by Gasteiger charge is 2.26. The Balaban J connectivity index is 1.79. The highest BCUT2D eigenvalue weighted by Crippen LogP contribution is 2.23. The summed E-state index contributed by atoms with van der Waals surface area (Å²) in [5.41, 5.74) is 1.91. The molecule has 2 aromatic rings. The number of ether oxygens (including phenoxy) is 1. The Morgan fingerprint density at radius 2 is 1.92 bits per heavy atom. The van der Waals surface area contributed by atoms with Crippen LogP contribution in [0.25, 0.3) is 0 Å². The molecule has 0 spiro atoms. The zero-order valence-corrected chi connectivity index (χ0v) is 14.9. The van der Waals surface area contributed by atoms with Gasteiger partial charge in [0, 0.05) is 30.5 Å². The summed E-state index contributed by atoms with van der Waals surface area (Å²) in [7, 11) is 0. The minimum Gasteiger partial charge on any atom is -0.379 e. The van der Waals surface area contributed by atoms with E-state index in [1.165, 1.54) is 0 Å². The maximum absolute atomic E-state index is 12.8. The number of hydrogen-bond donors (Lipinski definition) is 1. The van der Waals surface area contributed by atoms with Crippen molar-refractivity contribution < 1.29 is 9.53 Å². The minimum atomic E-state index is -0.262. The van der Waals surface area contributed by atoms with Crippen molar-refractivity contribution in [3.8, 4) is 0 Å². The third kappa shape index (κ3) is 4.57. The van der Waals surface area contributed by atoms with Gasteiger partial charge in [-0.2, -0.15) is 0 Å². The fourth-order valence-corrected chi connectivity index (χ4v) is 3.08. The molecule has 0 bridgehead atoms. The molecular formula is C19H22ClN3O2. The molecular weight excluding hydrogens is 338 g/mol. The molecule has 1 N–H and O–H groups in total. The highest BCUT2D eigenvalue weighted by molar-refractivity contribution is 6.30. The van der Waals surface area contributed by atoms with Gasteiger partial charge in [-0.1, -0.05) is 29.8 Å². The van der Waals surface area contributed by atoms with Gasteiger partial charge in [-0.05, 0) is 36.2 Å². The molecule has 1 aromatic carbocycles. The number of hydrogen-bond acceptors (Lipinski definition) is 4. The van der Waals surface area contributed by atoms with Crippen molar-refractivity contribution in [2.24, 2.45) is 0 Å². The highest BCUT2D eigenvalue weighted by atomic mass is 35.5. The summed E-state index contributed by atoms with van der Waals surface area (Å²) in [6.45, 7) is 4.81. The second-order valence-electron chi connectivity index (χ2n) is 6.10. The normalized spacial score (nSPS) is 17.7. The van der Waals surface area contributed by atoms with E-state index in [2.05, 4.69) is 15.2 Å². The van der Waals surface area contributed by atoms with Crippen LogP contribution in [0.2, 0.25) is 5.02 Å². The number of nitrogens with one attached hydrogen (secondary N) is 1. The zero-order chi connectivity index (χ0) is 17.6. The zero-order valence-electron chi connectivity index (χ0n) is 14.2. The van der Waals surface area contributed by atoms with Gasteiger partial charge in [0.15, 0.2) is 0 Å². The molecule has 0 saturated carbocycles. The molecule has 0 unspecified atom stereocenters. The van der Waals surface area contributed by atoms with E-state index >= 15 is 0 Å². The number of benzene rings is 1. The first-order valence-electron chi connectivity index (χ1n) is 8.42. The lowest BCUT2D eigenvalue weighted by Crippen LogP contribution is -2.50. The smallest absolute Gasteiger partial charge is 0.237 e. The SMILES string of the molecule is C[C@@H](C(=O)N[C@@H](c1ccc(Cl)cc1)c1cccnc1)N1CCOCC1. The Morgan fingerprint density at radius 1 is 1.20 bits per heavy atom. The minimum absolute atomic E-state index is 0.00861. The molecule has 0 radical (unpaired) electrons. The van der Waals surface area contributed by atoms with E-state index in [4.69, 9.17) is 16.3 Å². The number of rotatable bonds is 5. The van der Waals surface area contributed by atoms with Gasteiger partial charge in [0.05, 0.1) is 25.3 Å². The van der Waals surface area contributed by atoms with Crippen LogP contribution in [0.5, 0.6) is 0 Å². The second-order valence-corrected chi connectivity index (χ2v) is 6.54. The molecule has 2 atom stereocenters. The lowest BCUT2D eigenvalue weighted by Gasteiger charge is -2.32. The van der Waals surface area contributed by atoms with Crippen LogP contribution in [0.1, 0.15) is 24.1 Å². The van der Waals surface area contributed by atoms with Crippen molar-refractivity contribution >= 4 is 17.5 Å². The monoisotopic (exact) mass is 359 g/mol. The van der Waals surface area contributed by atoms with E-state index in [0.717, 1.165) is 24.2 Å². The molecule has 1 saturated heterocycles. The Kier molecular flexibility index (Phi) is 6.02. The molecule has 5 nitrogen and oxygen atoms in total. The first-order valence-corrected chi connectivity index (χ1v) is 8.80. The molecule has 0 aliphatic carbocycles. The average molecular weight is 360 g/mol. The molecule has 132 valence electrons. The van der Waals surface area contributed by atoms with Gasteiger partial charge in [0.1, 0.15) is 0 Å². The van der Waals surface area contributed by atoms with Crippen LogP contribution >= 0.6 is 11.6 Å². The second kappa shape index (κ2) is 8.43. The van der Waals surface area contributed by atoms with Crippen LogP contribution in [-0.4, -0.2) is 48.1 Å². The van der Waals surface area contributed by atoms with Crippen LogP contribution in [0.3, 0.4) is 0 Å². The van der Waals surface area contributed by atoms with Crippen LogP contribution in [0.4, 0.5) is 0 Å². The molecule has 1 aliphatic rings. The average Bonchev–Trinajstić information content (AvgIpc) is 2.67. The van der Waals surface area contributed by atoms with Crippen molar-refractivity contribution in [2.75, 3.05) is 26.3 Å². The standard InChI is InChI=1S/C19H22ClN3O2/c1-14(23-9-11-25-12-10-23)19(24)22-18(16-3-2-8-21-13-16)15-4-6-17(20)7-5-15/h2-8,13-14,18H,9-12H2,1H3,(H,22,24)/t14-,18-/m0/s1. The summed E-state index contributed by atoms with van der Waals surface area (Å²) in [6.07, 6.45) is 3.50. The molecule has 3 rings (SSSR count). The number of amides is 1. The van der Waals surface area contributed by atoms with Gasteiger partial charge >= 0.3 is 0 Å². The van der Waals surface area contributed by atoms with Crippen LogP contribution in [-0.2, 0) is 9.53 Å². The lowest BCUT2D eigenvalue weighted by molar-refractivity contribution is -0.128. The molecule has 2 heterocycles. The summed E-state index contributed by atoms with van der Waals surface area (Å²) in [5, 5.41) is 3.83. The number of halogens is 1. The largest absolute Gasteiger partial charge is 0.379 e. The van der Waals surface area contributed by atoms with Crippen molar-refractivity contribution in [1.29, 1.82) is 0 Å². The van der Waals surface area contributed by atoms with Gasteiger partial charge in [-0.25, -0.2) is 0 Å². The first-order chi connectivity index (χ1) is 12.1. The maximum atomic E-state index is 12.8. The van der Waals surface area contributed by atoms with Gasteiger partial charge in [0.25, 0.3) is 0 Å². The Morgan fingerprint density at radius 3 is 2.56 bits per heavy atom. The molecule has 6 heteroatoms. The number of carbonyl (C=O) groups is 1. The molecule has 25 heavy (non-hydrogen) atoms. The third-order valence-corrected chi connectivity index (χ3v) is 4.73. The fraction of sp³-hybridized carbons (Fsp3) is 0.368. The van der Waals surface area contributed by atoms with Crippen LogP contribution in [0, 0.1) is 0 Å². The van der Waals surface area contributed by atoms with E-state index in [0.29, 0.717) is 18.2 Å². The Bertz CT molecular complexity index is 688. The number of carbonyl (C=O) groups excluding carboxylic acids is 1. The van der Waals surface area contributed by atoms with Crippen molar-refractivity contribution in [1.82, 2.24) is 15.2 Å². The number of pyridine rings is 1. The number of aromatic nitrogens is 1. The topological polar surface area (TPSA) is 54.5 Å². The lowest BCUT2D eigenvalue weighted by atomic mass is 9.99. The van der Waals surface area contributed by atoms with Crippen molar-refractivity contribution in [3.05, 3.63) is 64.9 Å². The fourth-order valence-electron chi connectivity index (χ4n) is 2.95. The Hall–Kier alpha value is -1.95. The van der Waals surface area contributed by atoms with Gasteiger partial charge in [-0.15, -0.1) is 0 Å². The van der Waals surface area contributed by atoms with Gasteiger partial charge in [-0.3, -0.25) is 14.7 Å². The first kappa shape index (κ1) is 17.9. The maximum Gasteiger partial charge on any atom is 0.237 e. The quantitative estimate of drug-likeness (QED) is 0.891. The van der Waals surface area contributed by atoms with Crippen molar-refractivity contribution in [3.63, 3.8) is 0 Å². The summed E-state index contributed by atoms with van der Waals surface area (Å²) in [6, 6.07) is 10.9. The predicted octanol–water partition coefficient (Wildman–Crippen LogP) is 2.66. The Labute approximate surface area is 153 Å². The predicted molar refractivity (Wildman–Crippen MR) is 97.5 cm³/mol. The van der Waals surface area contributed by atoms with Crippen LogP contribution in [0.15, 0.2) is 48.8 Å². The van der Waals surface area contributed by atoms with Gasteiger partial charge < -0.3 is 10.1 Å². The summed E-state index contributed by atoms with van der Waals surface area (Å²) < 4.78 is 5.37. The molecule has 1 fully saturated rings. The molecule has 1 aromatic heterocycles. The van der Waals surface area contributed by atoms with E-state index in [1.807, 2.05) is 43.3 Å². The number of nitrogens with zero attached hydrogens (tertiary/aromatic N) is 2. The summed E-state index contributed by atoms with van der Waals surface area (Å²) in [5.74, 6) is -0.00861. The number of morpholine rings is 1. The molecule has 1 amide bonds. The van der Waals surface area contributed by atoms with E-state index in [1.54, 1.807) is 12.4 Å². The van der Waals surface area contributed by atoms with E-state index < -0.39 is 0 Å².